The average Bonchev–Trinajstić information content (AvgIpc) is 3.57. The molecule has 2 aliphatic carbocycles. The van der Waals surface area contributed by atoms with Gasteiger partial charge in [0.15, 0.2) is 0 Å². The van der Waals surface area contributed by atoms with E-state index in [0.29, 0.717) is 0 Å². The van der Waals surface area contributed by atoms with Crippen molar-refractivity contribution in [2.75, 3.05) is 9.80 Å². The molecule has 2 nitrogen and oxygen atoms in total. The van der Waals surface area contributed by atoms with Crippen molar-refractivity contribution in [1.29, 1.82) is 0 Å². The van der Waals surface area contributed by atoms with Gasteiger partial charge in [-0.2, -0.15) is 0 Å². The van der Waals surface area contributed by atoms with Crippen LogP contribution in [-0.2, 0) is 10.8 Å². The summed E-state index contributed by atoms with van der Waals surface area (Å²) in [5, 5.41) is 0. The molecule has 0 N–H and O–H groups in total. The van der Waals surface area contributed by atoms with Crippen LogP contribution in [0.4, 0.5) is 22.7 Å². The maximum Gasteiger partial charge on any atom is 0.259 e. The summed E-state index contributed by atoms with van der Waals surface area (Å²) in [5.74, 6) is 0. The van der Waals surface area contributed by atoms with E-state index in [-0.39, 0.29) is 33.2 Å². The Bertz CT molecular complexity index is 2480. The monoisotopic (exact) mass is 764 g/mol. The first-order valence-corrected chi connectivity index (χ1v) is 22.7. The van der Waals surface area contributed by atoms with Gasteiger partial charge in [-0.3, -0.25) is 0 Å². The number of fused-ring (bicyclic) bond motifs is 8. The van der Waals surface area contributed by atoms with Crippen molar-refractivity contribution < 1.29 is 0 Å². The normalized spacial score (nSPS) is 28.2. The number of rotatable bonds is 3. The van der Waals surface area contributed by atoms with Gasteiger partial charge in [0.1, 0.15) is 0 Å². The Morgan fingerprint density at radius 1 is 0.632 bits per heavy atom. The Balaban J connectivity index is 1.26. The number of hydrogen-bond donors (Lipinski definition) is 0. The predicted octanol–water partition coefficient (Wildman–Crippen LogP) is 13.3. The van der Waals surface area contributed by atoms with Gasteiger partial charge in [0.05, 0.1) is 5.54 Å². The Morgan fingerprint density at radius 3 is 1.88 bits per heavy atom. The predicted molar refractivity (Wildman–Crippen MR) is 247 cm³/mol. The highest BCUT2D eigenvalue weighted by atomic mass is 32.2. The molecule has 4 atom stereocenters. The van der Waals surface area contributed by atoms with Crippen molar-refractivity contribution in [3.8, 4) is 22.3 Å². The molecule has 0 radical (unpaired) electrons. The van der Waals surface area contributed by atoms with Crippen molar-refractivity contribution in [2.24, 2.45) is 5.41 Å². The van der Waals surface area contributed by atoms with Crippen LogP contribution in [0.25, 0.3) is 22.3 Å². The zero-order valence-electron chi connectivity index (χ0n) is 35.4. The highest BCUT2D eigenvalue weighted by Crippen LogP contribution is 2.69. The van der Waals surface area contributed by atoms with Gasteiger partial charge in [-0.25, -0.2) is 0 Å². The molecule has 0 bridgehead atoms. The number of allylic oxidation sites excluding steroid dienone is 1. The summed E-state index contributed by atoms with van der Waals surface area (Å²) in [6.45, 7) is 20.4. The Labute approximate surface area is 346 Å². The molecule has 2 fully saturated rings. The third kappa shape index (κ3) is 4.74. The Kier molecular flexibility index (Phi) is 7.55. The first kappa shape index (κ1) is 36.0. The zero-order chi connectivity index (χ0) is 39.3. The average molecular weight is 765 g/mol. The number of anilines is 4. The lowest BCUT2D eigenvalue weighted by Crippen LogP contribution is -2.61. The first-order chi connectivity index (χ1) is 27.3. The lowest BCUT2D eigenvalue weighted by molar-refractivity contribution is 0.195. The molecule has 5 aromatic carbocycles. The van der Waals surface area contributed by atoms with Crippen molar-refractivity contribution in [3.05, 3.63) is 130 Å². The van der Waals surface area contributed by atoms with Gasteiger partial charge in [0.25, 0.3) is 6.71 Å². The van der Waals surface area contributed by atoms with Gasteiger partial charge >= 0.3 is 0 Å². The molecule has 4 heterocycles. The second-order valence-electron chi connectivity index (χ2n) is 20.4. The van der Waals surface area contributed by atoms with E-state index in [1.165, 1.54) is 107 Å². The molecule has 57 heavy (non-hydrogen) atoms. The number of aryl methyl sites for hydroxylation is 1. The van der Waals surface area contributed by atoms with E-state index in [2.05, 4.69) is 180 Å². The smallest absolute Gasteiger partial charge is 0.259 e. The summed E-state index contributed by atoms with van der Waals surface area (Å²) < 4.78 is 0.124. The van der Waals surface area contributed by atoms with Crippen LogP contribution in [0, 0.1) is 12.3 Å². The second-order valence-corrected chi connectivity index (χ2v) is 22.0. The highest BCUT2D eigenvalue weighted by Gasteiger charge is 2.65. The van der Waals surface area contributed by atoms with Crippen LogP contribution in [0.2, 0.25) is 0 Å². The van der Waals surface area contributed by atoms with Crippen LogP contribution in [0.1, 0.15) is 117 Å². The molecule has 0 saturated heterocycles. The fourth-order valence-electron chi connectivity index (χ4n) is 12.6. The highest BCUT2D eigenvalue weighted by molar-refractivity contribution is 8.06. The summed E-state index contributed by atoms with van der Waals surface area (Å²) in [4.78, 5) is 7.35. The van der Waals surface area contributed by atoms with E-state index in [1.54, 1.807) is 27.2 Å². The molecular formula is C53H57BN2S. The third-order valence-corrected chi connectivity index (χ3v) is 17.9. The van der Waals surface area contributed by atoms with Gasteiger partial charge in [-0.15, -0.1) is 11.8 Å². The fourth-order valence-corrected chi connectivity index (χ4v) is 14.5. The number of benzene rings is 5. The maximum atomic E-state index is 2.92. The van der Waals surface area contributed by atoms with Crippen molar-refractivity contribution >= 4 is 52.1 Å². The van der Waals surface area contributed by atoms with E-state index >= 15 is 0 Å². The van der Waals surface area contributed by atoms with Crippen molar-refractivity contribution in [3.63, 3.8) is 0 Å². The molecule has 0 aromatic heterocycles. The molecule has 0 amide bonds. The summed E-state index contributed by atoms with van der Waals surface area (Å²) >= 11 is 2.27. The molecule has 288 valence electrons. The van der Waals surface area contributed by atoms with Gasteiger partial charge in [-0.1, -0.05) is 133 Å². The van der Waals surface area contributed by atoms with Crippen LogP contribution in [-0.4, -0.2) is 17.0 Å². The number of thioether (sulfide) groups is 1. The Hall–Kier alpha value is -4.15. The largest absolute Gasteiger partial charge is 0.335 e. The van der Waals surface area contributed by atoms with Crippen LogP contribution >= 0.6 is 11.8 Å². The van der Waals surface area contributed by atoms with Crippen molar-refractivity contribution in [2.45, 2.75) is 128 Å². The minimum Gasteiger partial charge on any atom is -0.335 e. The summed E-state index contributed by atoms with van der Waals surface area (Å²) in [7, 11) is 0. The van der Waals surface area contributed by atoms with E-state index < -0.39 is 0 Å². The summed E-state index contributed by atoms with van der Waals surface area (Å²) in [6.07, 6.45) is 10.1. The molecule has 6 aliphatic rings. The Morgan fingerprint density at radius 2 is 1.23 bits per heavy atom. The van der Waals surface area contributed by atoms with Gasteiger partial charge < -0.3 is 9.80 Å². The zero-order valence-corrected chi connectivity index (χ0v) is 36.2. The molecule has 11 rings (SSSR count). The summed E-state index contributed by atoms with van der Waals surface area (Å²) in [5.41, 5.74) is 20.1. The van der Waals surface area contributed by atoms with E-state index in [9.17, 15) is 0 Å². The van der Waals surface area contributed by atoms with Crippen LogP contribution in [0.3, 0.4) is 0 Å². The molecule has 4 unspecified atom stereocenters. The SMILES string of the molecule is Cc1cc2c3c(c1)N1c4c(cc(C(C)(C)C)cc4C4(C)CCCCC14C)B3C1=C(N2c2cc(-c3ccccc3)cc(-c3ccccc3)c2)C2(C)CCCCC2(C)S1. The molecule has 0 spiro atoms. The van der Waals surface area contributed by atoms with E-state index in [0.717, 1.165) is 0 Å². The molecule has 4 heteroatoms. The standard InChI is InChI=1S/C53H57BN2S/c1-34-27-43-45-44(28-34)56-46-41(50(5)23-15-17-25-52(50,56)7)32-39(49(2,3)4)33-42(46)54(45)48-47(51(6)24-16-18-26-53(51,8)57-48)55(43)40-30-37(35-19-11-9-12-20-35)29-38(31-40)36-21-13-10-14-22-36/h9-14,19-22,27-33H,15-18,23-26H2,1-8H3. The second kappa shape index (κ2) is 12.0. The molecular weight excluding hydrogens is 707 g/mol. The van der Waals surface area contributed by atoms with Crippen LogP contribution in [0.15, 0.2) is 114 Å². The topological polar surface area (TPSA) is 6.48 Å². The lowest BCUT2D eigenvalue weighted by Gasteiger charge is -2.53. The van der Waals surface area contributed by atoms with Gasteiger partial charge in [-0.05, 0) is 137 Å². The minimum atomic E-state index is 0.00727. The van der Waals surface area contributed by atoms with Crippen LogP contribution < -0.4 is 20.7 Å². The van der Waals surface area contributed by atoms with Gasteiger partial charge in [0.2, 0.25) is 0 Å². The third-order valence-electron chi connectivity index (χ3n) is 16.2. The number of nitrogens with zero attached hydrogens (tertiary/aromatic N) is 2. The minimum absolute atomic E-state index is 0.00727. The molecule has 2 saturated carbocycles. The fraction of sp³-hybridized carbons (Fsp3) is 0.396. The lowest BCUT2D eigenvalue weighted by atomic mass is 9.35. The van der Waals surface area contributed by atoms with Gasteiger partial charge in [0, 0.05) is 44.0 Å². The maximum absolute atomic E-state index is 2.92. The van der Waals surface area contributed by atoms with E-state index in [4.69, 9.17) is 0 Å². The summed E-state index contributed by atoms with van der Waals surface area (Å²) in [6, 6.07) is 40.1. The molecule has 5 aromatic rings. The van der Waals surface area contributed by atoms with E-state index in [1.807, 2.05) is 0 Å². The van der Waals surface area contributed by atoms with Crippen molar-refractivity contribution in [1.82, 2.24) is 0 Å². The number of hydrogen-bond acceptors (Lipinski definition) is 3. The quantitative estimate of drug-likeness (QED) is 0.169. The van der Waals surface area contributed by atoms with Crippen LogP contribution in [0.5, 0.6) is 0 Å². The first-order valence-electron chi connectivity index (χ1n) is 21.9. The molecule has 4 aliphatic heterocycles.